The Bertz CT molecular complexity index is 397. The number of carboxylic acids is 1. The highest BCUT2D eigenvalue weighted by Gasteiger charge is 2.51. The molecule has 1 aliphatic rings. The Hall–Kier alpha value is -1.46. The first-order valence-electron chi connectivity index (χ1n) is 5.58. The lowest BCUT2D eigenvalue weighted by Crippen LogP contribution is -2.24. The highest BCUT2D eigenvalue weighted by molar-refractivity contribution is 5.77. The summed E-state index contributed by atoms with van der Waals surface area (Å²) in [6.07, 6.45) is 2.39. The van der Waals surface area contributed by atoms with Gasteiger partial charge >= 0.3 is 5.97 Å². The first kappa shape index (κ1) is 11.0. The molecule has 1 aromatic rings. The molecule has 16 heavy (non-hydrogen) atoms. The highest BCUT2D eigenvalue weighted by atomic mass is 16.4. The third kappa shape index (κ3) is 1.79. The van der Waals surface area contributed by atoms with Gasteiger partial charge in [0.25, 0.3) is 0 Å². The largest absolute Gasteiger partial charge is 0.481 e. The molecule has 0 aliphatic heterocycles. The Morgan fingerprint density at radius 3 is 2.81 bits per heavy atom. The van der Waals surface area contributed by atoms with E-state index < -0.39 is 11.4 Å². The minimum absolute atomic E-state index is 0.264. The number of rotatable bonds is 5. The molecule has 1 heterocycles. The van der Waals surface area contributed by atoms with Crippen LogP contribution < -0.4 is 0 Å². The average Bonchev–Trinajstić information content (AvgIpc) is 2.89. The molecule has 0 saturated heterocycles. The number of carboxylic acid groups (broad SMARTS) is 1. The van der Waals surface area contributed by atoms with E-state index in [1.165, 1.54) is 0 Å². The third-order valence-electron chi connectivity index (χ3n) is 3.37. The third-order valence-corrected chi connectivity index (χ3v) is 3.37. The van der Waals surface area contributed by atoms with Crippen LogP contribution in [0.15, 0.2) is 0 Å². The number of hydrogen-bond donors (Lipinski definition) is 1. The molecule has 6 nitrogen and oxygen atoms in total. The SMILES string of the molecule is CCC(C)c1nnnn1CC1(C(=O)O)CC1. The van der Waals surface area contributed by atoms with E-state index in [-0.39, 0.29) is 5.92 Å². The highest BCUT2D eigenvalue weighted by Crippen LogP contribution is 2.47. The van der Waals surface area contributed by atoms with Crippen LogP contribution >= 0.6 is 0 Å². The van der Waals surface area contributed by atoms with Crippen LogP contribution in [0.4, 0.5) is 0 Å². The van der Waals surface area contributed by atoms with Gasteiger partial charge in [-0.3, -0.25) is 4.79 Å². The Morgan fingerprint density at radius 2 is 2.31 bits per heavy atom. The molecule has 1 unspecified atom stereocenters. The normalized spacial score (nSPS) is 19.4. The van der Waals surface area contributed by atoms with Crippen LogP contribution in [0.3, 0.4) is 0 Å². The van der Waals surface area contributed by atoms with Crippen molar-refractivity contribution in [2.24, 2.45) is 5.41 Å². The molecule has 0 radical (unpaired) electrons. The van der Waals surface area contributed by atoms with Crippen molar-refractivity contribution in [2.45, 2.75) is 45.6 Å². The molecular weight excluding hydrogens is 208 g/mol. The van der Waals surface area contributed by atoms with Crippen molar-refractivity contribution in [3.63, 3.8) is 0 Å². The zero-order valence-corrected chi connectivity index (χ0v) is 9.55. The van der Waals surface area contributed by atoms with Crippen molar-refractivity contribution in [1.29, 1.82) is 0 Å². The number of hydrogen-bond acceptors (Lipinski definition) is 4. The summed E-state index contributed by atoms with van der Waals surface area (Å²) in [5.41, 5.74) is -0.614. The second-order valence-electron chi connectivity index (χ2n) is 4.59. The molecule has 6 heteroatoms. The first-order valence-corrected chi connectivity index (χ1v) is 5.58. The first-order chi connectivity index (χ1) is 7.59. The lowest BCUT2D eigenvalue weighted by molar-refractivity contribution is -0.144. The second kappa shape index (κ2) is 3.84. The second-order valence-corrected chi connectivity index (χ2v) is 4.59. The molecule has 0 amide bonds. The number of aliphatic carboxylic acids is 1. The standard InChI is InChI=1S/C10H16N4O2/c1-3-7(2)8-11-12-13-14(8)6-10(4-5-10)9(15)16/h7H,3-6H2,1-2H3,(H,15,16). The van der Waals surface area contributed by atoms with Crippen LogP contribution in [-0.4, -0.2) is 31.3 Å². The average molecular weight is 224 g/mol. The van der Waals surface area contributed by atoms with Gasteiger partial charge in [0.05, 0.1) is 12.0 Å². The Kier molecular flexibility index (Phi) is 2.65. The van der Waals surface area contributed by atoms with Crippen molar-refractivity contribution in [3.8, 4) is 0 Å². The molecule has 2 rings (SSSR count). The van der Waals surface area contributed by atoms with Crippen LogP contribution in [-0.2, 0) is 11.3 Å². The van der Waals surface area contributed by atoms with Gasteiger partial charge in [0, 0.05) is 5.92 Å². The Balaban J connectivity index is 2.16. The minimum atomic E-state index is -0.738. The molecule has 0 bridgehead atoms. The van der Waals surface area contributed by atoms with E-state index in [0.717, 1.165) is 25.1 Å². The van der Waals surface area contributed by atoms with E-state index in [4.69, 9.17) is 5.11 Å². The molecule has 1 aromatic heterocycles. The quantitative estimate of drug-likeness (QED) is 0.808. The van der Waals surface area contributed by atoms with Gasteiger partial charge in [0.1, 0.15) is 0 Å². The van der Waals surface area contributed by atoms with Gasteiger partial charge in [0.15, 0.2) is 5.82 Å². The van der Waals surface area contributed by atoms with Gasteiger partial charge in [-0.25, -0.2) is 4.68 Å². The van der Waals surface area contributed by atoms with Crippen molar-refractivity contribution >= 4 is 5.97 Å². The predicted octanol–water partition coefficient (Wildman–Crippen LogP) is 1.05. The van der Waals surface area contributed by atoms with E-state index in [2.05, 4.69) is 22.4 Å². The fraction of sp³-hybridized carbons (Fsp3) is 0.800. The number of nitrogens with zero attached hydrogens (tertiary/aromatic N) is 4. The summed E-state index contributed by atoms with van der Waals surface area (Å²) in [5.74, 6) is 0.313. The van der Waals surface area contributed by atoms with Crippen LogP contribution in [0.5, 0.6) is 0 Å². The van der Waals surface area contributed by atoms with Gasteiger partial charge in [-0.1, -0.05) is 13.8 Å². The molecule has 0 aromatic carbocycles. The van der Waals surface area contributed by atoms with Crippen LogP contribution in [0, 0.1) is 5.41 Å². The Morgan fingerprint density at radius 1 is 1.62 bits per heavy atom. The zero-order chi connectivity index (χ0) is 11.8. The van der Waals surface area contributed by atoms with E-state index in [0.29, 0.717) is 6.54 Å². The van der Waals surface area contributed by atoms with Gasteiger partial charge in [-0.15, -0.1) is 5.10 Å². The summed E-state index contributed by atoms with van der Waals surface area (Å²) in [4.78, 5) is 11.1. The van der Waals surface area contributed by atoms with E-state index in [1.54, 1.807) is 4.68 Å². The van der Waals surface area contributed by atoms with Crippen LogP contribution in [0.25, 0.3) is 0 Å². The number of carbonyl (C=O) groups is 1. The summed E-state index contributed by atoms with van der Waals surface area (Å²) >= 11 is 0. The maximum absolute atomic E-state index is 11.1. The van der Waals surface area contributed by atoms with Gasteiger partial charge < -0.3 is 5.11 Å². The maximum Gasteiger partial charge on any atom is 0.311 e. The molecule has 0 spiro atoms. The summed E-state index contributed by atoms with van der Waals surface area (Å²) in [6, 6.07) is 0. The lowest BCUT2D eigenvalue weighted by Gasteiger charge is -2.13. The summed E-state index contributed by atoms with van der Waals surface area (Å²) < 4.78 is 1.65. The molecule has 1 aliphatic carbocycles. The van der Waals surface area contributed by atoms with Crippen molar-refractivity contribution in [1.82, 2.24) is 20.2 Å². The van der Waals surface area contributed by atoms with Crippen molar-refractivity contribution in [2.75, 3.05) is 0 Å². The van der Waals surface area contributed by atoms with Gasteiger partial charge in [0.2, 0.25) is 0 Å². The summed E-state index contributed by atoms with van der Waals surface area (Å²) in [5, 5.41) is 20.6. The molecule has 1 saturated carbocycles. The minimum Gasteiger partial charge on any atom is -0.481 e. The lowest BCUT2D eigenvalue weighted by atomic mass is 10.1. The predicted molar refractivity (Wildman–Crippen MR) is 55.8 cm³/mol. The van der Waals surface area contributed by atoms with Gasteiger partial charge in [-0.2, -0.15) is 0 Å². The van der Waals surface area contributed by atoms with E-state index >= 15 is 0 Å². The van der Waals surface area contributed by atoms with Gasteiger partial charge in [-0.05, 0) is 29.7 Å². The summed E-state index contributed by atoms with van der Waals surface area (Å²) in [6.45, 7) is 4.51. The summed E-state index contributed by atoms with van der Waals surface area (Å²) in [7, 11) is 0. The topological polar surface area (TPSA) is 80.9 Å². The molecule has 1 fully saturated rings. The molecule has 88 valence electrons. The maximum atomic E-state index is 11.1. The van der Waals surface area contributed by atoms with Crippen LogP contribution in [0.2, 0.25) is 0 Å². The molecular formula is C10H16N4O2. The van der Waals surface area contributed by atoms with Crippen molar-refractivity contribution < 1.29 is 9.90 Å². The molecule has 1 N–H and O–H groups in total. The van der Waals surface area contributed by atoms with Crippen LogP contribution in [0.1, 0.15) is 44.9 Å². The smallest absolute Gasteiger partial charge is 0.311 e. The Labute approximate surface area is 93.6 Å². The van der Waals surface area contributed by atoms with E-state index in [9.17, 15) is 4.79 Å². The van der Waals surface area contributed by atoms with E-state index in [1.807, 2.05) is 6.92 Å². The van der Waals surface area contributed by atoms with Crippen molar-refractivity contribution in [3.05, 3.63) is 5.82 Å². The monoisotopic (exact) mass is 224 g/mol. The zero-order valence-electron chi connectivity index (χ0n) is 9.55. The fourth-order valence-corrected chi connectivity index (χ4v) is 1.74. The number of tetrazole rings is 1. The molecule has 1 atom stereocenters. The fourth-order valence-electron chi connectivity index (χ4n) is 1.74. The number of aromatic nitrogens is 4.